The van der Waals surface area contributed by atoms with E-state index in [9.17, 15) is 24.3 Å². The first-order chi connectivity index (χ1) is 28.2. The molecule has 0 aromatic heterocycles. The predicted molar refractivity (Wildman–Crippen MR) is 217 cm³/mol. The average Bonchev–Trinajstić information content (AvgIpc) is 3.54. The van der Waals surface area contributed by atoms with Crippen molar-refractivity contribution in [1.29, 1.82) is 0 Å². The summed E-state index contributed by atoms with van der Waals surface area (Å²) < 4.78 is 33.0. The third kappa shape index (κ3) is 15.5. The van der Waals surface area contributed by atoms with Gasteiger partial charge in [-0.15, -0.1) is 0 Å². The lowest BCUT2D eigenvalue weighted by molar-refractivity contribution is -0.132. The zero-order valence-electron chi connectivity index (χ0n) is 33.7. The fraction of sp³-hybridized carbons (Fsp3) is 0.488. The number of alkyl carbamates (subject to hydrolysis) is 1. The minimum atomic E-state index is -0.844. The maximum Gasteiger partial charge on any atom is 0.407 e. The smallest absolute Gasteiger partial charge is 0.407 e. The maximum absolute atomic E-state index is 12.9. The number of ether oxygens (including phenoxy) is 6. The molecular formula is C43H58N4O11. The molecule has 4 rings (SSSR count). The van der Waals surface area contributed by atoms with Crippen molar-refractivity contribution in [2.45, 2.75) is 51.8 Å². The van der Waals surface area contributed by atoms with E-state index >= 15 is 0 Å². The molecule has 0 heterocycles. The Morgan fingerprint density at radius 3 is 1.69 bits per heavy atom. The molecule has 1 aliphatic carbocycles. The van der Waals surface area contributed by atoms with Crippen LogP contribution < -0.4 is 21.3 Å². The number of aliphatic hydroxyl groups is 1. The number of nitrogens with one attached hydrogen (secondary N) is 4. The van der Waals surface area contributed by atoms with E-state index in [1.54, 1.807) is 45.0 Å². The summed E-state index contributed by atoms with van der Waals surface area (Å²) in [6, 6.07) is 21.5. The molecule has 1 aliphatic rings. The summed E-state index contributed by atoms with van der Waals surface area (Å²) in [5.74, 6) is -1.42. The van der Waals surface area contributed by atoms with Gasteiger partial charge in [0.25, 0.3) is 0 Å². The summed E-state index contributed by atoms with van der Waals surface area (Å²) >= 11 is 0. The molecule has 3 aromatic rings. The molecule has 2 atom stereocenters. The highest BCUT2D eigenvalue weighted by Gasteiger charge is 2.29. The quantitative estimate of drug-likeness (QED) is 0.0705. The van der Waals surface area contributed by atoms with Gasteiger partial charge in [0.2, 0.25) is 17.7 Å². The molecule has 316 valence electrons. The number of rotatable bonds is 27. The molecule has 15 heteroatoms. The van der Waals surface area contributed by atoms with Crippen LogP contribution in [0.15, 0.2) is 72.8 Å². The Kier molecular flexibility index (Phi) is 20.1. The number of fused-ring (bicyclic) bond motifs is 3. The first-order valence-electron chi connectivity index (χ1n) is 19.8. The van der Waals surface area contributed by atoms with Gasteiger partial charge in [-0.05, 0) is 52.8 Å². The first kappa shape index (κ1) is 45.8. The summed E-state index contributed by atoms with van der Waals surface area (Å²) in [6.07, 6.45) is -0.418. The lowest BCUT2D eigenvalue weighted by Gasteiger charge is -2.24. The highest BCUT2D eigenvalue weighted by Crippen LogP contribution is 2.44. The summed E-state index contributed by atoms with van der Waals surface area (Å²) in [5.41, 5.74) is 5.96. The van der Waals surface area contributed by atoms with Crippen molar-refractivity contribution >= 4 is 29.5 Å². The van der Waals surface area contributed by atoms with Crippen LogP contribution in [0.3, 0.4) is 0 Å². The van der Waals surface area contributed by atoms with E-state index in [1.165, 1.54) is 22.3 Å². The second kappa shape index (κ2) is 25.5. The van der Waals surface area contributed by atoms with Crippen LogP contribution >= 0.6 is 0 Å². The summed E-state index contributed by atoms with van der Waals surface area (Å²) in [5, 5.41) is 20.0. The van der Waals surface area contributed by atoms with Crippen LogP contribution in [0.1, 0.15) is 49.8 Å². The van der Waals surface area contributed by atoms with E-state index in [1.807, 2.05) is 24.3 Å². The Bertz CT molecular complexity index is 1680. The van der Waals surface area contributed by atoms with Crippen LogP contribution in [0, 0.1) is 5.92 Å². The highest BCUT2D eigenvalue weighted by molar-refractivity contribution is 5.98. The molecule has 4 amide bonds. The Morgan fingerprint density at radius 2 is 1.16 bits per heavy atom. The van der Waals surface area contributed by atoms with Crippen molar-refractivity contribution in [2.75, 3.05) is 84.5 Å². The Labute approximate surface area is 340 Å². The normalized spacial score (nSPS) is 13.0. The molecule has 5 N–H and O–H groups in total. The lowest BCUT2D eigenvalue weighted by Crippen LogP contribution is -2.53. The monoisotopic (exact) mass is 806 g/mol. The summed E-state index contributed by atoms with van der Waals surface area (Å²) in [7, 11) is 0. The van der Waals surface area contributed by atoms with Crippen LogP contribution in [-0.4, -0.2) is 120 Å². The van der Waals surface area contributed by atoms with Gasteiger partial charge in [-0.3, -0.25) is 14.4 Å². The van der Waals surface area contributed by atoms with Crippen molar-refractivity contribution in [1.82, 2.24) is 16.0 Å². The molecule has 15 nitrogen and oxygen atoms in total. The molecule has 0 unspecified atom stereocenters. The van der Waals surface area contributed by atoms with E-state index in [0.29, 0.717) is 77.3 Å². The third-order valence-corrected chi connectivity index (χ3v) is 9.24. The highest BCUT2D eigenvalue weighted by atomic mass is 16.6. The number of hydrogen-bond donors (Lipinski definition) is 5. The van der Waals surface area contributed by atoms with E-state index in [4.69, 9.17) is 28.4 Å². The first-order valence-corrected chi connectivity index (χ1v) is 19.8. The van der Waals surface area contributed by atoms with E-state index in [0.717, 1.165) is 0 Å². The molecule has 0 saturated carbocycles. The number of benzene rings is 3. The fourth-order valence-electron chi connectivity index (χ4n) is 6.11. The second-order valence-corrected chi connectivity index (χ2v) is 13.9. The van der Waals surface area contributed by atoms with Crippen LogP contribution in [0.5, 0.6) is 0 Å². The zero-order valence-corrected chi connectivity index (χ0v) is 33.7. The summed E-state index contributed by atoms with van der Waals surface area (Å²) in [6.45, 7) is 9.13. The molecular weight excluding hydrogens is 748 g/mol. The van der Waals surface area contributed by atoms with Gasteiger partial charge < -0.3 is 54.8 Å². The van der Waals surface area contributed by atoms with Crippen LogP contribution in [0.2, 0.25) is 0 Å². The van der Waals surface area contributed by atoms with Gasteiger partial charge in [0.05, 0.1) is 72.7 Å². The summed E-state index contributed by atoms with van der Waals surface area (Å²) in [4.78, 5) is 50.3. The maximum atomic E-state index is 12.9. The van der Waals surface area contributed by atoms with Crippen molar-refractivity contribution < 1.29 is 52.7 Å². The number of aliphatic hydroxyl groups excluding tert-OH is 1. The van der Waals surface area contributed by atoms with E-state index in [2.05, 4.69) is 45.5 Å². The van der Waals surface area contributed by atoms with Crippen molar-refractivity contribution in [2.24, 2.45) is 5.92 Å². The predicted octanol–water partition coefficient (Wildman–Crippen LogP) is 3.77. The van der Waals surface area contributed by atoms with Crippen LogP contribution in [0.25, 0.3) is 11.1 Å². The molecule has 0 radical (unpaired) electrons. The van der Waals surface area contributed by atoms with Gasteiger partial charge in [0.1, 0.15) is 18.7 Å². The molecule has 0 spiro atoms. The number of hydrogen-bond acceptors (Lipinski definition) is 11. The van der Waals surface area contributed by atoms with Crippen molar-refractivity contribution in [3.8, 4) is 11.1 Å². The number of anilines is 1. The van der Waals surface area contributed by atoms with Crippen LogP contribution in [-0.2, 0) is 49.4 Å². The van der Waals surface area contributed by atoms with Gasteiger partial charge in [-0.25, -0.2) is 4.79 Å². The topological polar surface area (TPSA) is 192 Å². The number of carbonyl (C=O) groups excluding carboxylic acids is 4. The van der Waals surface area contributed by atoms with Gasteiger partial charge in [-0.1, -0.05) is 74.5 Å². The SMILES string of the molecule is CC(C)[C@H](NC(=O)CCOCCOCCOCCOCCOCCNC(=O)OCC1c2ccccc2-c2ccccc21)C(=O)N[C@@H](C)C(=O)Nc1ccc(CO)cc1. The minimum Gasteiger partial charge on any atom is -0.449 e. The Balaban J connectivity index is 0.912. The molecule has 0 saturated heterocycles. The standard InChI is InChI=1S/C43H58N4O11/c1-30(2)40(42(51)45-31(3)41(50)46-33-14-12-32(28-48)13-15-33)47-39(49)16-18-53-20-22-55-24-26-57-27-25-56-23-21-54-19-17-44-43(52)58-29-38-36-10-6-4-8-34(36)35-9-5-7-11-37(35)38/h4-15,30-31,38,40,48H,16-29H2,1-3H3,(H,44,52)(H,45,51)(H,46,50)(H,47,49)/t31-,40-/m0/s1. The van der Waals surface area contributed by atoms with Crippen LogP contribution in [0.4, 0.5) is 10.5 Å². The van der Waals surface area contributed by atoms with Gasteiger partial charge in [0, 0.05) is 24.6 Å². The minimum absolute atomic E-state index is 0.0153. The van der Waals surface area contributed by atoms with E-state index < -0.39 is 30.0 Å². The second-order valence-electron chi connectivity index (χ2n) is 13.9. The lowest BCUT2D eigenvalue weighted by atomic mass is 9.98. The average molecular weight is 807 g/mol. The number of carbonyl (C=O) groups is 4. The van der Waals surface area contributed by atoms with E-state index in [-0.39, 0.29) is 44.0 Å². The number of amides is 4. The Morgan fingerprint density at radius 1 is 0.638 bits per heavy atom. The zero-order chi connectivity index (χ0) is 41.5. The van der Waals surface area contributed by atoms with Crippen molar-refractivity contribution in [3.63, 3.8) is 0 Å². The molecule has 0 bridgehead atoms. The fourth-order valence-corrected chi connectivity index (χ4v) is 6.11. The molecule has 0 fully saturated rings. The molecule has 58 heavy (non-hydrogen) atoms. The van der Waals surface area contributed by atoms with Gasteiger partial charge in [-0.2, -0.15) is 0 Å². The van der Waals surface area contributed by atoms with Crippen molar-refractivity contribution in [3.05, 3.63) is 89.5 Å². The van der Waals surface area contributed by atoms with Gasteiger partial charge >= 0.3 is 6.09 Å². The largest absolute Gasteiger partial charge is 0.449 e. The van der Waals surface area contributed by atoms with Gasteiger partial charge in [0.15, 0.2) is 0 Å². The third-order valence-electron chi connectivity index (χ3n) is 9.24. The molecule has 0 aliphatic heterocycles. The Hall–Kier alpha value is -4.90. The molecule has 3 aromatic carbocycles.